The molecule has 0 amide bonds. The van der Waals surface area contributed by atoms with Gasteiger partial charge in [0.25, 0.3) is 0 Å². The van der Waals surface area contributed by atoms with E-state index in [1.165, 1.54) is 50.9 Å². The third-order valence-electron chi connectivity index (χ3n) is 5.64. The third-order valence-corrected chi connectivity index (χ3v) is 5.64. The fraction of sp³-hybridized carbons (Fsp3) is 0.708. The molecule has 2 N–H and O–H groups in total. The highest BCUT2D eigenvalue weighted by Gasteiger charge is 2.08. The van der Waals surface area contributed by atoms with Crippen molar-refractivity contribution in [2.75, 3.05) is 73.7 Å². The Kier molecular flexibility index (Phi) is 13.0. The molecular weight excluding hydrogens is 390 g/mol. The van der Waals surface area contributed by atoms with Crippen LogP contribution < -0.4 is 15.4 Å². The second-order valence-electron chi connectivity index (χ2n) is 8.25. The Bertz CT molecular complexity index is 618. The first-order valence-electron chi connectivity index (χ1n) is 11.8. The van der Waals surface area contributed by atoms with Gasteiger partial charge in [0.2, 0.25) is 0 Å². The van der Waals surface area contributed by atoms with Gasteiger partial charge in [-0.25, -0.2) is 0 Å². The Morgan fingerprint density at radius 3 is 2.61 bits per heavy atom. The van der Waals surface area contributed by atoms with Crippen LogP contribution in [0.3, 0.4) is 0 Å². The molecule has 0 bridgehead atoms. The standard InChI is InChI=1S/C24H43N5O2/c1-25-24(26-12-9-15-29-13-6-4-5-7-14-29)27-21-22-10-8-11-23(20-22)31-19-17-28(2)16-18-30-3/h8,10-11,20H,4-7,9,12-19,21H2,1-3H3,(H2,25,26,27). The van der Waals surface area contributed by atoms with Crippen LogP contribution in [0.15, 0.2) is 29.3 Å². The predicted octanol–water partition coefficient (Wildman–Crippen LogP) is 2.57. The summed E-state index contributed by atoms with van der Waals surface area (Å²) in [6.07, 6.45) is 6.63. The molecule has 1 saturated heterocycles. The van der Waals surface area contributed by atoms with E-state index >= 15 is 0 Å². The summed E-state index contributed by atoms with van der Waals surface area (Å²) in [5.41, 5.74) is 1.18. The Morgan fingerprint density at radius 1 is 1.10 bits per heavy atom. The molecule has 0 radical (unpaired) electrons. The summed E-state index contributed by atoms with van der Waals surface area (Å²) in [6.45, 7) is 8.54. The minimum atomic E-state index is 0.664. The summed E-state index contributed by atoms with van der Waals surface area (Å²) in [5.74, 6) is 1.75. The Labute approximate surface area is 189 Å². The lowest BCUT2D eigenvalue weighted by Gasteiger charge is -2.20. The SMILES string of the molecule is CN=C(NCCCN1CCCCCC1)NCc1cccc(OCCN(C)CCOC)c1. The molecule has 0 aromatic heterocycles. The van der Waals surface area contributed by atoms with Crippen molar-refractivity contribution in [1.82, 2.24) is 20.4 Å². The first-order chi connectivity index (χ1) is 15.2. The topological polar surface area (TPSA) is 61.4 Å². The van der Waals surface area contributed by atoms with Gasteiger partial charge in [-0.15, -0.1) is 0 Å². The van der Waals surface area contributed by atoms with Gasteiger partial charge in [0.05, 0.1) is 6.61 Å². The zero-order valence-corrected chi connectivity index (χ0v) is 19.9. The van der Waals surface area contributed by atoms with Crippen LogP contribution >= 0.6 is 0 Å². The fourth-order valence-corrected chi connectivity index (χ4v) is 3.70. The number of hydrogen-bond donors (Lipinski definition) is 2. The average molecular weight is 434 g/mol. The molecule has 1 aromatic carbocycles. The van der Waals surface area contributed by atoms with Crippen molar-refractivity contribution < 1.29 is 9.47 Å². The molecule has 1 aliphatic rings. The van der Waals surface area contributed by atoms with Crippen molar-refractivity contribution in [1.29, 1.82) is 0 Å². The zero-order chi connectivity index (χ0) is 22.2. The number of aliphatic imine (C=N–C) groups is 1. The maximum absolute atomic E-state index is 5.92. The lowest BCUT2D eigenvalue weighted by atomic mass is 10.2. The number of guanidine groups is 1. The molecule has 0 unspecified atom stereocenters. The van der Waals surface area contributed by atoms with Crippen molar-refractivity contribution in [2.24, 2.45) is 4.99 Å². The quantitative estimate of drug-likeness (QED) is 0.283. The minimum absolute atomic E-state index is 0.664. The molecule has 7 heteroatoms. The van der Waals surface area contributed by atoms with Gasteiger partial charge >= 0.3 is 0 Å². The van der Waals surface area contributed by atoms with E-state index in [9.17, 15) is 0 Å². The van der Waals surface area contributed by atoms with Crippen molar-refractivity contribution in [2.45, 2.75) is 38.6 Å². The minimum Gasteiger partial charge on any atom is -0.492 e. The fourth-order valence-electron chi connectivity index (χ4n) is 3.70. The summed E-state index contributed by atoms with van der Waals surface area (Å²) in [4.78, 5) is 9.16. The molecule has 176 valence electrons. The van der Waals surface area contributed by atoms with E-state index in [4.69, 9.17) is 9.47 Å². The van der Waals surface area contributed by atoms with Crippen LogP contribution in [0.5, 0.6) is 5.75 Å². The molecule has 1 fully saturated rings. The first kappa shape index (κ1) is 25.4. The van der Waals surface area contributed by atoms with Gasteiger partial charge in [-0.3, -0.25) is 4.99 Å². The van der Waals surface area contributed by atoms with Crippen molar-refractivity contribution >= 4 is 5.96 Å². The molecule has 0 saturated carbocycles. The van der Waals surface area contributed by atoms with Gasteiger partial charge < -0.3 is 29.9 Å². The van der Waals surface area contributed by atoms with Gasteiger partial charge in [0.1, 0.15) is 12.4 Å². The predicted molar refractivity (Wildman–Crippen MR) is 129 cm³/mol. The van der Waals surface area contributed by atoms with Crippen LogP contribution in [0, 0.1) is 0 Å². The average Bonchev–Trinajstić information content (AvgIpc) is 3.06. The van der Waals surface area contributed by atoms with Gasteiger partial charge in [-0.05, 0) is 63.6 Å². The van der Waals surface area contributed by atoms with E-state index in [0.29, 0.717) is 6.61 Å². The largest absolute Gasteiger partial charge is 0.492 e. The molecule has 1 heterocycles. The van der Waals surface area contributed by atoms with Crippen molar-refractivity contribution in [3.63, 3.8) is 0 Å². The molecule has 2 rings (SSSR count). The molecule has 0 atom stereocenters. The van der Waals surface area contributed by atoms with E-state index < -0.39 is 0 Å². The van der Waals surface area contributed by atoms with E-state index in [-0.39, 0.29) is 0 Å². The summed E-state index contributed by atoms with van der Waals surface area (Å²) in [6, 6.07) is 8.25. The number of hydrogen-bond acceptors (Lipinski definition) is 5. The van der Waals surface area contributed by atoms with Gasteiger partial charge in [-0.1, -0.05) is 25.0 Å². The van der Waals surface area contributed by atoms with E-state index in [0.717, 1.165) is 50.9 Å². The third kappa shape index (κ3) is 11.4. The Hall–Kier alpha value is -1.83. The number of ether oxygens (including phenoxy) is 2. The van der Waals surface area contributed by atoms with Crippen LogP contribution in [0.25, 0.3) is 0 Å². The molecule has 31 heavy (non-hydrogen) atoms. The van der Waals surface area contributed by atoms with E-state index in [1.54, 1.807) is 7.11 Å². The zero-order valence-electron chi connectivity index (χ0n) is 19.9. The maximum atomic E-state index is 5.92. The smallest absolute Gasteiger partial charge is 0.191 e. The number of methoxy groups -OCH3 is 1. The van der Waals surface area contributed by atoms with Crippen LogP contribution in [-0.4, -0.2) is 89.4 Å². The highest BCUT2D eigenvalue weighted by Crippen LogP contribution is 2.13. The molecule has 7 nitrogen and oxygen atoms in total. The lowest BCUT2D eigenvalue weighted by Crippen LogP contribution is -2.38. The van der Waals surface area contributed by atoms with Gasteiger partial charge in [0.15, 0.2) is 5.96 Å². The van der Waals surface area contributed by atoms with Crippen LogP contribution in [0.4, 0.5) is 0 Å². The number of rotatable bonds is 13. The van der Waals surface area contributed by atoms with E-state index in [1.807, 2.05) is 19.2 Å². The second kappa shape index (κ2) is 15.9. The summed E-state index contributed by atoms with van der Waals surface area (Å²) in [5, 5.41) is 6.84. The number of benzene rings is 1. The number of nitrogens with zero attached hydrogens (tertiary/aromatic N) is 3. The van der Waals surface area contributed by atoms with Gasteiger partial charge in [-0.2, -0.15) is 0 Å². The molecule has 0 spiro atoms. The molecule has 1 aliphatic heterocycles. The van der Waals surface area contributed by atoms with Crippen LogP contribution in [0.1, 0.15) is 37.7 Å². The number of likely N-dealkylation sites (N-methyl/N-ethyl adjacent to an activating group) is 1. The monoisotopic (exact) mass is 433 g/mol. The van der Waals surface area contributed by atoms with Crippen LogP contribution in [0.2, 0.25) is 0 Å². The summed E-state index contributed by atoms with van der Waals surface area (Å²) >= 11 is 0. The Morgan fingerprint density at radius 2 is 1.87 bits per heavy atom. The van der Waals surface area contributed by atoms with Gasteiger partial charge in [0, 0.05) is 40.3 Å². The highest BCUT2D eigenvalue weighted by molar-refractivity contribution is 5.79. The lowest BCUT2D eigenvalue weighted by molar-refractivity contribution is 0.150. The molecule has 1 aromatic rings. The maximum Gasteiger partial charge on any atom is 0.191 e. The summed E-state index contributed by atoms with van der Waals surface area (Å²) < 4.78 is 11.0. The normalized spacial score (nSPS) is 15.7. The Balaban J connectivity index is 1.64. The number of likely N-dealkylation sites (tertiary alicyclic amines) is 1. The van der Waals surface area contributed by atoms with Crippen LogP contribution in [-0.2, 0) is 11.3 Å². The molecule has 0 aliphatic carbocycles. The van der Waals surface area contributed by atoms with Crippen molar-refractivity contribution in [3.8, 4) is 5.75 Å². The first-order valence-corrected chi connectivity index (χ1v) is 11.8. The van der Waals surface area contributed by atoms with Crippen molar-refractivity contribution in [3.05, 3.63) is 29.8 Å². The summed E-state index contributed by atoms with van der Waals surface area (Å²) in [7, 11) is 5.63. The van der Waals surface area contributed by atoms with E-state index in [2.05, 4.69) is 44.6 Å². The second-order valence-corrected chi connectivity index (χ2v) is 8.25. The molecular formula is C24H43N5O2. The number of nitrogens with one attached hydrogen (secondary N) is 2. The highest BCUT2D eigenvalue weighted by atomic mass is 16.5.